The first-order valence-corrected chi connectivity index (χ1v) is 12.9. The molecule has 2 aromatic heterocycles. The van der Waals surface area contributed by atoms with E-state index in [1.165, 1.54) is 12.6 Å². The Morgan fingerprint density at radius 1 is 1.26 bits per heavy atom. The summed E-state index contributed by atoms with van der Waals surface area (Å²) in [5, 5.41) is 2.99. The van der Waals surface area contributed by atoms with Crippen molar-refractivity contribution in [3.05, 3.63) is 59.9 Å². The summed E-state index contributed by atoms with van der Waals surface area (Å²) < 4.78 is 22.7. The van der Waals surface area contributed by atoms with Crippen LogP contribution in [0.25, 0.3) is 16.8 Å². The SMILES string of the molecule is CCCCOc1cccc(C2OC=C(c3ncnc4c(C(=O)N[C@@H]5CCN(C(=O)OCC)C5)c[nH]c34)O2)c1. The van der Waals surface area contributed by atoms with Gasteiger partial charge in [0.2, 0.25) is 0 Å². The number of rotatable bonds is 9. The summed E-state index contributed by atoms with van der Waals surface area (Å²) in [6.07, 6.45) is 6.19. The van der Waals surface area contributed by atoms with Gasteiger partial charge < -0.3 is 34.1 Å². The van der Waals surface area contributed by atoms with Crippen LogP contribution in [0.2, 0.25) is 0 Å². The van der Waals surface area contributed by atoms with Gasteiger partial charge in [0.05, 0.1) is 24.3 Å². The summed E-state index contributed by atoms with van der Waals surface area (Å²) in [7, 11) is 0. The molecule has 1 fully saturated rings. The molecule has 2 N–H and O–H groups in total. The number of carbonyl (C=O) groups is 2. The van der Waals surface area contributed by atoms with E-state index in [9.17, 15) is 9.59 Å². The Bertz CT molecular complexity index is 1340. The zero-order chi connectivity index (χ0) is 26.5. The molecule has 0 spiro atoms. The highest BCUT2D eigenvalue weighted by molar-refractivity contribution is 6.06. The van der Waals surface area contributed by atoms with Crippen LogP contribution in [0.3, 0.4) is 0 Å². The Kier molecular flexibility index (Phi) is 7.62. The predicted octanol–water partition coefficient (Wildman–Crippen LogP) is 4.14. The number of carbonyl (C=O) groups excluding carboxylic acids is 2. The molecule has 1 saturated heterocycles. The van der Waals surface area contributed by atoms with Crippen molar-refractivity contribution in [2.75, 3.05) is 26.3 Å². The van der Waals surface area contributed by atoms with Crippen molar-refractivity contribution in [2.24, 2.45) is 0 Å². The molecule has 5 rings (SSSR count). The van der Waals surface area contributed by atoms with E-state index in [0.717, 1.165) is 24.2 Å². The lowest BCUT2D eigenvalue weighted by Crippen LogP contribution is -2.38. The zero-order valence-electron chi connectivity index (χ0n) is 21.4. The first kappa shape index (κ1) is 25.4. The summed E-state index contributed by atoms with van der Waals surface area (Å²) >= 11 is 0. The molecule has 11 nitrogen and oxygen atoms in total. The number of nitrogens with zero attached hydrogens (tertiary/aromatic N) is 3. The number of amides is 2. The molecule has 0 radical (unpaired) electrons. The molecule has 0 saturated carbocycles. The molecule has 1 aromatic carbocycles. The third kappa shape index (κ3) is 5.36. The lowest BCUT2D eigenvalue weighted by Gasteiger charge is -2.16. The Morgan fingerprint density at radius 2 is 2.16 bits per heavy atom. The number of H-pyrrole nitrogens is 1. The van der Waals surface area contributed by atoms with E-state index < -0.39 is 6.29 Å². The number of likely N-dealkylation sites (tertiary alicyclic amines) is 1. The molecule has 0 aliphatic carbocycles. The number of aromatic nitrogens is 3. The molecular weight excluding hydrogens is 490 g/mol. The maximum atomic E-state index is 13.1. The van der Waals surface area contributed by atoms with Crippen molar-refractivity contribution >= 4 is 28.8 Å². The van der Waals surface area contributed by atoms with Gasteiger partial charge in [-0.05, 0) is 31.9 Å². The van der Waals surface area contributed by atoms with Crippen LogP contribution >= 0.6 is 0 Å². The van der Waals surface area contributed by atoms with Gasteiger partial charge in [-0.3, -0.25) is 4.79 Å². The van der Waals surface area contributed by atoms with Crippen LogP contribution < -0.4 is 10.1 Å². The predicted molar refractivity (Wildman–Crippen MR) is 138 cm³/mol. The molecule has 2 aliphatic heterocycles. The van der Waals surface area contributed by atoms with Crippen LogP contribution in [-0.4, -0.2) is 64.2 Å². The minimum atomic E-state index is -0.646. The number of unbranched alkanes of at least 4 members (excludes halogenated alkanes) is 1. The van der Waals surface area contributed by atoms with Gasteiger partial charge in [0.15, 0.2) is 5.76 Å². The Hall–Kier alpha value is -4.28. The molecule has 38 heavy (non-hydrogen) atoms. The van der Waals surface area contributed by atoms with Gasteiger partial charge in [0.25, 0.3) is 12.2 Å². The van der Waals surface area contributed by atoms with Crippen molar-refractivity contribution in [3.63, 3.8) is 0 Å². The fraction of sp³-hybridized carbons (Fsp3) is 0.407. The summed E-state index contributed by atoms with van der Waals surface area (Å²) in [5.74, 6) is 0.898. The molecule has 0 bridgehead atoms. The second-order valence-electron chi connectivity index (χ2n) is 9.09. The number of fused-ring (bicyclic) bond motifs is 1. The fourth-order valence-corrected chi connectivity index (χ4v) is 4.46. The normalized spacial score (nSPS) is 18.6. The number of benzene rings is 1. The van der Waals surface area contributed by atoms with Gasteiger partial charge in [-0.25, -0.2) is 14.8 Å². The van der Waals surface area contributed by atoms with Crippen molar-refractivity contribution in [1.82, 2.24) is 25.2 Å². The van der Waals surface area contributed by atoms with E-state index in [-0.39, 0.29) is 18.0 Å². The van der Waals surface area contributed by atoms with E-state index in [0.29, 0.717) is 60.8 Å². The van der Waals surface area contributed by atoms with E-state index in [1.54, 1.807) is 18.0 Å². The van der Waals surface area contributed by atoms with E-state index >= 15 is 0 Å². The number of aromatic amines is 1. The van der Waals surface area contributed by atoms with Crippen molar-refractivity contribution in [1.29, 1.82) is 0 Å². The van der Waals surface area contributed by atoms with Crippen molar-refractivity contribution in [2.45, 2.75) is 45.4 Å². The van der Waals surface area contributed by atoms with Crippen LogP contribution in [-0.2, 0) is 14.2 Å². The zero-order valence-corrected chi connectivity index (χ0v) is 21.4. The molecule has 2 aliphatic rings. The summed E-state index contributed by atoms with van der Waals surface area (Å²) in [6, 6.07) is 7.44. The number of ether oxygens (including phenoxy) is 4. The Balaban J connectivity index is 1.26. The molecule has 200 valence electrons. The van der Waals surface area contributed by atoms with Crippen LogP contribution in [0, 0.1) is 0 Å². The first-order chi connectivity index (χ1) is 18.6. The molecule has 2 amide bonds. The lowest BCUT2D eigenvalue weighted by molar-refractivity contribution is -0.0173. The van der Waals surface area contributed by atoms with Crippen LogP contribution in [0.15, 0.2) is 43.1 Å². The fourth-order valence-electron chi connectivity index (χ4n) is 4.46. The van der Waals surface area contributed by atoms with Gasteiger partial charge in [-0.15, -0.1) is 0 Å². The second kappa shape index (κ2) is 11.4. The van der Waals surface area contributed by atoms with Crippen LogP contribution in [0.5, 0.6) is 5.75 Å². The van der Waals surface area contributed by atoms with Gasteiger partial charge in [0, 0.05) is 30.9 Å². The smallest absolute Gasteiger partial charge is 0.409 e. The van der Waals surface area contributed by atoms with Crippen molar-refractivity contribution in [3.8, 4) is 5.75 Å². The average Bonchev–Trinajstić information content (AvgIpc) is 3.69. The van der Waals surface area contributed by atoms with E-state index in [1.807, 2.05) is 24.3 Å². The van der Waals surface area contributed by atoms with Gasteiger partial charge in [-0.1, -0.05) is 25.5 Å². The van der Waals surface area contributed by atoms with E-state index in [2.05, 4.69) is 27.2 Å². The third-order valence-corrected chi connectivity index (χ3v) is 6.42. The number of hydrogen-bond donors (Lipinski definition) is 2. The van der Waals surface area contributed by atoms with E-state index in [4.69, 9.17) is 18.9 Å². The maximum Gasteiger partial charge on any atom is 0.409 e. The van der Waals surface area contributed by atoms with Gasteiger partial charge >= 0.3 is 6.09 Å². The van der Waals surface area contributed by atoms with Crippen molar-refractivity contribution < 1.29 is 28.5 Å². The monoisotopic (exact) mass is 521 g/mol. The van der Waals surface area contributed by atoms with Gasteiger partial charge in [-0.2, -0.15) is 0 Å². The minimum Gasteiger partial charge on any atom is -0.494 e. The highest BCUT2D eigenvalue weighted by Gasteiger charge is 2.30. The molecule has 11 heteroatoms. The highest BCUT2D eigenvalue weighted by Crippen LogP contribution is 2.36. The lowest BCUT2D eigenvalue weighted by atomic mass is 10.2. The third-order valence-electron chi connectivity index (χ3n) is 6.42. The summed E-state index contributed by atoms with van der Waals surface area (Å²) in [4.78, 5) is 38.4. The highest BCUT2D eigenvalue weighted by atomic mass is 16.7. The quantitative estimate of drug-likeness (QED) is 0.402. The average molecular weight is 522 g/mol. The topological polar surface area (TPSA) is 128 Å². The second-order valence-corrected chi connectivity index (χ2v) is 9.09. The molecule has 2 atom stereocenters. The Labute approximate surface area is 220 Å². The molecule has 1 unspecified atom stereocenters. The molecular formula is C27H31N5O6. The van der Waals surface area contributed by atoms with Crippen LogP contribution in [0.1, 0.15) is 61.0 Å². The maximum absolute atomic E-state index is 13.1. The summed E-state index contributed by atoms with van der Waals surface area (Å²) in [5.41, 5.74) is 2.71. The largest absolute Gasteiger partial charge is 0.494 e. The standard InChI is InChI=1S/C27H31N5O6/c1-3-5-11-36-19-8-6-7-17(12-19)26-37-15-21(38-26)23-24-22(29-16-30-23)20(13-28-24)25(33)31-18-9-10-32(14-18)27(34)35-4-2/h6-8,12-13,15-16,18,26,28H,3-5,9-11,14H2,1-2H3,(H,31,33)/t18-,26?/m1/s1. The number of hydrogen-bond acceptors (Lipinski definition) is 8. The summed E-state index contributed by atoms with van der Waals surface area (Å²) in [6.45, 7) is 5.79. The number of nitrogens with one attached hydrogen (secondary N) is 2. The molecule has 4 heterocycles. The molecule has 3 aromatic rings. The van der Waals surface area contributed by atoms with Gasteiger partial charge in [0.1, 0.15) is 29.5 Å². The minimum absolute atomic E-state index is 0.171. The van der Waals surface area contributed by atoms with Crippen LogP contribution in [0.4, 0.5) is 4.79 Å². The Morgan fingerprint density at radius 3 is 3.00 bits per heavy atom. The first-order valence-electron chi connectivity index (χ1n) is 12.9.